The third-order valence-electron chi connectivity index (χ3n) is 8.53. The molecule has 4 aromatic rings. The quantitative estimate of drug-likeness (QED) is 0.299. The molecule has 0 saturated carbocycles. The van der Waals surface area contributed by atoms with E-state index in [9.17, 15) is 0 Å². The van der Waals surface area contributed by atoms with Crippen LogP contribution in [-0.2, 0) is 14.7 Å². The maximum Gasteiger partial charge on any atom is 0.497 e. The molecule has 0 amide bonds. The van der Waals surface area contributed by atoms with Crippen LogP contribution in [0.5, 0.6) is 0 Å². The molecule has 0 atom stereocenters. The van der Waals surface area contributed by atoms with E-state index in [4.69, 9.17) is 9.31 Å². The van der Waals surface area contributed by atoms with Crippen LogP contribution in [0.25, 0.3) is 22.3 Å². The second-order valence-electron chi connectivity index (χ2n) is 11.8. The fourth-order valence-corrected chi connectivity index (χ4v) is 5.57. The Morgan fingerprint density at radius 2 is 1.19 bits per heavy atom. The van der Waals surface area contributed by atoms with Crippen molar-refractivity contribution in [1.82, 2.24) is 0 Å². The Bertz CT molecular complexity index is 1460. The smallest absolute Gasteiger partial charge is 0.399 e. The number of hydrogen-bond acceptors (Lipinski definition) is 3. The van der Waals surface area contributed by atoms with Crippen molar-refractivity contribution < 1.29 is 9.31 Å². The van der Waals surface area contributed by atoms with E-state index in [2.05, 4.69) is 132 Å². The van der Waals surface area contributed by atoms with E-state index in [1.807, 2.05) is 6.07 Å². The van der Waals surface area contributed by atoms with Crippen molar-refractivity contribution in [3.05, 3.63) is 102 Å². The molecule has 6 rings (SSSR count). The summed E-state index contributed by atoms with van der Waals surface area (Å²) in [7, 11) is -0.461. The molecule has 2 aliphatic rings. The summed E-state index contributed by atoms with van der Waals surface area (Å²) in [6, 6.07) is 32.4. The average Bonchev–Trinajstić information content (AvgIpc) is 3.24. The van der Waals surface area contributed by atoms with Crippen LogP contribution in [-0.4, -0.2) is 18.3 Å². The molecule has 1 aliphatic heterocycles. The van der Waals surface area contributed by atoms with Crippen LogP contribution in [0.15, 0.2) is 91.0 Å². The lowest BCUT2D eigenvalue weighted by Crippen LogP contribution is -2.41. The summed E-state index contributed by atoms with van der Waals surface area (Å²) in [5, 5.41) is 3.72. The Morgan fingerprint density at radius 1 is 0.595 bits per heavy atom. The highest BCUT2D eigenvalue weighted by molar-refractivity contribution is 6.64. The molecule has 186 valence electrons. The summed E-state index contributed by atoms with van der Waals surface area (Å²) in [4.78, 5) is 0. The molecular formula is C33H34BNO2. The van der Waals surface area contributed by atoms with Crippen molar-refractivity contribution in [1.29, 1.82) is 0 Å². The van der Waals surface area contributed by atoms with E-state index < -0.39 is 18.3 Å². The molecule has 0 spiro atoms. The van der Waals surface area contributed by atoms with Crippen molar-refractivity contribution in [3.8, 4) is 22.3 Å². The maximum absolute atomic E-state index is 6.54. The van der Waals surface area contributed by atoms with Gasteiger partial charge in [-0.15, -0.1) is 0 Å². The van der Waals surface area contributed by atoms with Crippen LogP contribution in [0, 0.1) is 0 Å². The standard InChI is InChI=1S/C33H34BNO2/c1-31(2)27-15-11-10-14-25(27)26-20-29(34-36-32(3,4)33(5,6)37-34)30(21-28(26)31)35-24-18-16-23(17-19-24)22-12-8-7-9-13-22/h7-21,35H,1-6H3. The van der Waals surface area contributed by atoms with Gasteiger partial charge in [0, 0.05) is 22.3 Å². The number of rotatable bonds is 4. The number of hydrogen-bond donors (Lipinski definition) is 1. The highest BCUT2D eigenvalue weighted by Crippen LogP contribution is 2.49. The molecule has 0 bridgehead atoms. The zero-order valence-corrected chi connectivity index (χ0v) is 22.6. The monoisotopic (exact) mass is 487 g/mol. The predicted octanol–water partition coefficient (Wildman–Crippen LogP) is 7.70. The summed E-state index contributed by atoms with van der Waals surface area (Å²) < 4.78 is 13.1. The average molecular weight is 487 g/mol. The largest absolute Gasteiger partial charge is 0.497 e. The lowest BCUT2D eigenvalue weighted by molar-refractivity contribution is 0.00578. The third-order valence-corrected chi connectivity index (χ3v) is 8.53. The SMILES string of the molecule is CC1(C)c2ccccc2-c2cc(B3OC(C)(C)C(C)(C)O3)c(Nc3ccc(-c4ccccc4)cc3)cc21. The molecule has 1 aliphatic carbocycles. The Kier molecular flexibility index (Phi) is 5.42. The van der Waals surface area contributed by atoms with Gasteiger partial charge in [-0.2, -0.15) is 0 Å². The van der Waals surface area contributed by atoms with Gasteiger partial charge in [0.05, 0.1) is 11.2 Å². The topological polar surface area (TPSA) is 30.5 Å². The van der Waals surface area contributed by atoms with Gasteiger partial charge in [0.15, 0.2) is 0 Å². The Morgan fingerprint density at radius 3 is 1.86 bits per heavy atom. The highest BCUT2D eigenvalue weighted by atomic mass is 16.7. The first kappa shape index (κ1) is 24.0. The molecule has 1 N–H and O–H groups in total. The second kappa shape index (κ2) is 8.34. The van der Waals surface area contributed by atoms with Gasteiger partial charge in [-0.25, -0.2) is 0 Å². The van der Waals surface area contributed by atoms with Crippen LogP contribution in [0.3, 0.4) is 0 Å². The summed E-state index contributed by atoms with van der Waals surface area (Å²) in [6.45, 7) is 13.0. The molecule has 1 saturated heterocycles. The zero-order valence-electron chi connectivity index (χ0n) is 22.6. The first-order valence-electron chi connectivity index (χ1n) is 13.1. The van der Waals surface area contributed by atoms with Gasteiger partial charge in [0.2, 0.25) is 0 Å². The molecule has 4 heteroatoms. The van der Waals surface area contributed by atoms with Crippen molar-refractivity contribution in [3.63, 3.8) is 0 Å². The van der Waals surface area contributed by atoms with Crippen molar-refractivity contribution in [2.24, 2.45) is 0 Å². The first-order chi connectivity index (χ1) is 17.6. The molecule has 1 fully saturated rings. The number of benzene rings is 4. The molecule has 4 aromatic carbocycles. The fourth-order valence-electron chi connectivity index (χ4n) is 5.57. The van der Waals surface area contributed by atoms with Crippen LogP contribution in [0.4, 0.5) is 11.4 Å². The van der Waals surface area contributed by atoms with Gasteiger partial charge in [-0.3, -0.25) is 0 Å². The highest BCUT2D eigenvalue weighted by Gasteiger charge is 2.52. The number of anilines is 2. The minimum atomic E-state index is -0.461. The molecule has 0 aromatic heterocycles. The van der Waals surface area contributed by atoms with Crippen LogP contribution < -0.4 is 10.8 Å². The van der Waals surface area contributed by atoms with E-state index in [0.29, 0.717) is 0 Å². The van der Waals surface area contributed by atoms with E-state index in [1.165, 1.54) is 33.4 Å². The third kappa shape index (κ3) is 3.91. The summed E-state index contributed by atoms with van der Waals surface area (Å²) in [5.41, 5.74) is 9.79. The summed E-state index contributed by atoms with van der Waals surface area (Å²) >= 11 is 0. The summed E-state index contributed by atoms with van der Waals surface area (Å²) in [6.07, 6.45) is 0. The zero-order chi connectivity index (χ0) is 26.0. The minimum absolute atomic E-state index is 0.0893. The van der Waals surface area contributed by atoms with Gasteiger partial charge >= 0.3 is 7.12 Å². The van der Waals surface area contributed by atoms with Gasteiger partial charge in [0.1, 0.15) is 0 Å². The Balaban J connectivity index is 1.44. The van der Waals surface area contributed by atoms with Crippen LogP contribution in [0.1, 0.15) is 52.7 Å². The molecule has 37 heavy (non-hydrogen) atoms. The molecular weight excluding hydrogens is 453 g/mol. The van der Waals surface area contributed by atoms with Gasteiger partial charge < -0.3 is 14.6 Å². The Labute approximate surface area is 221 Å². The molecule has 3 nitrogen and oxygen atoms in total. The van der Waals surface area contributed by atoms with E-state index in [0.717, 1.165) is 16.8 Å². The maximum atomic E-state index is 6.54. The van der Waals surface area contributed by atoms with Crippen LogP contribution in [0.2, 0.25) is 0 Å². The minimum Gasteiger partial charge on any atom is -0.399 e. The lowest BCUT2D eigenvalue weighted by atomic mass is 9.74. The van der Waals surface area contributed by atoms with E-state index in [-0.39, 0.29) is 5.41 Å². The second-order valence-corrected chi connectivity index (χ2v) is 11.8. The lowest BCUT2D eigenvalue weighted by Gasteiger charge is -2.32. The van der Waals surface area contributed by atoms with Gasteiger partial charge in [-0.05, 0) is 79.3 Å². The normalized spacial score (nSPS) is 18.4. The van der Waals surface area contributed by atoms with Gasteiger partial charge in [0.25, 0.3) is 0 Å². The number of nitrogens with one attached hydrogen (secondary N) is 1. The Hall–Kier alpha value is -3.34. The summed E-state index contributed by atoms with van der Waals surface area (Å²) in [5.74, 6) is 0. The van der Waals surface area contributed by atoms with Crippen molar-refractivity contribution in [2.45, 2.75) is 58.2 Å². The van der Waals surface area contributed by atoms with Gasteiger partial charge in [-0.1, -0.05) is 86.6 Å². The molecule has 0 radical (unpaired) electrons. The molecule has 1 heterocycles. The van der Waals surface area contributed by atoms with E-state index in [1.54, 1.807) is 0 Å². The first-order valence-corrected chi connectivity index (χ1v) is 13.1. The van der Waals surface area contributed by atoms with Crippen molar-refractivity contribution in [2.75, 3.05) is 5.32 Å². The van der Waals surface area contributed by atoms with Crippen LogP contribution >= 0.6 is 0 Å². The number of fused-ring (bicyclic) bond motifs is 3. The van der Waals surface area contributed by atoms with E-state index >= 15 is 0 Å². The molecule has 0 unspecified atom stereocenters. The fraction of sp³-hybridized carbons (Fsp3) is 0.273. The van der Waals surface area contributed by atoms with Crippen molar-refractivity contribution >= 4 is 24.0 Å². The predicted molar refractivity (Wildman–Crippen MR) is 155 cm³/mol.